The van der Waals surface area contributed by atoms with Crippen LogP contribution in [0, 0.1) is 0 Å². The second kappa shape index (κ2) is 6.98. The summed E-state index contributed by atoms with van der Waals surface area (Å²) in [5.74, 6) is -1.36. The van der Waals surface area contributed by atoms with Gasteiger partial charge in [0.1, 0.15) is 0 Å². The molecule has 0 atom stereocenters. The summed E-state index contributed by atoms with van der Waals surface area (Å²) in [5, 5.41) is 5.03. The Morgan fingerprint density at radius 1 is 0.950 bits per heavy atom. The maximum absolute atomic E-state index is 11.6. The molecule has 0 unspecified atom stereocenters. The Hall–Kier alpha value is -2.76. The first-order valence-electron chi connectivity index (χ1n) is 6.10. The van der Waals surface area contributed by atoms with Crippen molar-refractivity contribution in [2.24, 2.45) is 0 Å². The molecule has 2 aromatic heterocycles. The van der Waals surface area contributed by atoms with Gasteiger partial charge in [0, 0.05) is 25.1 Å². The highest BCUT2D eigenvalue weighted by Gasteiger charge is 2.12. The van der Waals surface area contributed by atoms with Crippen LogP contribution < -0.4 is 10.6 Å². The molecule has 102 valence electrons. The molecule has 0 saturated carbocycles. The standard InChI is InChI=1S/C14H14N4O2/c19-13(17-9-11-4-3-6-15-8-11)14(20)18-10-12-5-1-2-7-16-12/h1-8H,9-10H2,(H,17,19)(H,18,20). The smallest absolute Gasteiger partial charge is 0.309 e. The molecular formula is C14H14N4O2. The van der Waals surface area contributed by atoms with Gasteiger partial charge in [-0.3, -0.25) is 19.6 Å². The van der Waals surface area contributed by atoms with E-state index in [1.54, 1.807) is 36.8 Å². The van der Waals surface area contributed by atoms with Crippen LogP contribution in [0.15, 0.2) is 48.9 Å². The fraction of sp³-hybridized carbons (Fsp3) is 0.143. The number of hydrogen-bond acceptors (Lipinski definition) is 4. The van der Waals surface area contributed by atoms with E-state index in [1.165, 1.54) is 0 Å². The lowest BCUT2D eigenvalue weighted by Crippen LogP contribution is -2.39. The Kier molecular flexibility index (Phi) is 4.77. The van der Waals surface area contributed by atoms with E-state index >= 15 is 0 Å². The molecule has 0 spiro atoms. The van der Waals surface area contributed by atoms with Crippen LogP contribution in [0.1, 0.15) is 11.3 Å². The van der Waals surface area contributed by atoms with Crippen LogP contribution >= 0.6 is 0 Å². The maximum Gasteiger partial charge on any atom is 0.309 e. The summed E-state index contributed by atoms with van der Waals surface area (Å²) in [6, 6.07) is 8.96. The van der Waals surface area contributed by atoms with Crippen molar-refractivity contribution in [1.82, 2.24) is 20.6 Å². The van der Waals surface area contributed by atoms with Crippen molar-refractivity contribution in [3.05, 3.63) is 60.2 Å². The van der Waals surface area contributed by atoms with Crippen LogP contribution in [-0.2, 0) is 22.7 Å². The summed E-state index contributed by atoms with van der Waals surface area (Å²) in [7, 11) is 0. The molecule has 0 fully saturated rings. The Morgan fingerprint density at radius 3 is 2.40 bits per heavy atom. The van der Waals surface area contributed by atoms with E-state index in [0.29, 0.717) is 5.69 Å². The minimum absolute atomic E-state index is 0.222. The zero-order valence-electron chi connectivity index (χ0n) is 10.7. The lowest BCUT2D eigenvalue weighted by atomic mass is 10.3. The number of rotatable bonds is 4. The van der Waals surface area contributed by atoms with Crippen molar-refractivity contribution < 1.29 is 9.59 Å². The Morgan fingerprint density at radius 2 is 1.75 bits per heavy atom. The molecule has 6 heteroatoms. The molecular weight excluding hydrogens is 256 g/mol. The highest BCUT2D eigenvalue weighted by Crippen LogP contribution is 1.94. The summed E-state index contributed by atoms with van der Waals surface area (Å²) in [4.78, 5) is 31.1. The van der Waals surface area contributed by atoms with Gasteiger partial charge in [0.15, 0.2) is 0 Å². The zero-order valence-corrected chi connectivity index (χ0v) is 10.7. The van der Waals surface area contributed by atoms with E-state index in [0.717, 1.165) is 5.56 Å². The average molecular weight is 270 g/mol. The van der Waals surface area contributed by atoms with Gasteiger partial charge in [-0.25, -0.2) is 0 Å². The zero-order chi connectivity index (χ0) is 14.2. The normalized spacial score (nSPS) is 9.80. The SMILES string of the molecule is O=C(NCc1cccnc1)C(=O)NCc1ccccn1. The molecule has 0 aliphatic heterocycles. The molecule has 0 radical (unpaired) electrons. The minimum Gasteiger partial charge on any atom is -0.344 e. The summed E-state index contributed by atoms with van der Waals surface area (Å²) >= 11 is 0. The number of aromatic nitrogens is 2. The second-order valence-electron chi connectivity index (χ2n) is 4.05. The van der Waals surface area contributed by atoms with Crippen molar-refractivity contribution in [2.75, 3.05) is 0 Å². The van der Waals surface area contributed by atoms with Crippen LogP contribution in [0.2, 0.25) is 0 Å². The monoisotopic (exact) mass is 270 g/mol. The average Bonchev–Trinajstić information content (AvgIpc) is 2.52. The van der Waals surface area contributed by atoms with Gasteiger partial charge in [-0.2, -0.15) is 0 Å². The van der Waals surface area contributed by atoms with E-state index < -0.39 is 11.8 Å². The van der Waals surface area contributed by atoms with E-state index in [2.05, 4.69) is 20.6 Å². The molecule has 0 aliphatic rings. The Balaban J connectivity index is 1.76. The highest BCUT2D eigenvalue weighted by atomic mass is 16.2. The van der Waals surface area contributed by atoms with Crippen LogP contribution in [0.5, 0.6) is 0 Å². The minimum atomic E-state index is -0.681. The summed E-state index contributed by atoms with van der Waals surface area (Å²) < 4.78 is 0. The molecule has 6 nitrogen and oxygen atoms in total. The first-order chi connectivity index (χ1) is 9.75. The van der Waals surface area contributed by atoms with E-state index in [4.69, 9.17) is 0 Å². The predicted octanol–water partition coefficient (Wildman–Crippen LogP) is 0.409. The molecule has 2 aromatic rings. The number of carbonyl (C=O) groups is 2. The number of nitrogens with one attached hydrogen (secondary N) is 2. The summed E-state index contributed by atoms with van der Waals surface area (Å²) in [6.07, 6.45) is 4.90. The molecule has 0 aromatic carbocycles. The fourth-order valence-corrected chi connectivity index (χ4v) is 1.52. The Labute approximate surface area is 116 Å². The molecule has 0 saturated heterocycles. The first-order valence-corrected chi connectivity index (χ1v) is 6.10. The van der Waals surface area contributed by atoms with E-state index in [-0.39, 0.29) is 13.1 Å². The van der Waals surface area contributed by atoms with E-state index in [9.17, 15) is 9.59 Å². The van der Waals surface area contributed by atoms with Gasteiger partial charge in [0.25, 0.3) is 0 Å². The highest BCUT2D eigenvalue weighted by molar-refractivity contribution is 6.35. The van der Waals surface area contributed by atoms with Crippen molar-refractivity contribution in [3.8, 4) is 0 Å². The van der Waals surface area contributed by atoms with Gasteiger partial charge in [0.05, 0.1) is 12.2 Å². The lowest BCUT2D eigenvalue weighted by molar-refractivity contribution is -0.139. The van der Waals surface area contributed by atoms with Gasteiger partial charge < -0.3 is 10.6 Å². The molecule has 20 heavy (non-hydrogen) atoms. The van der Waals surface area contributed by atoms with Crippen LogP contribution in [-0.4, -0.2) is 21.8 Å². The topological polar surface area (TPSA) is 84.0 Å². The third-order valence-electron chi connectivity index (χ3n) is 2.54. The van der Waals surface area contributed by atoms with Crippen LogP contribution in [0.4, 0.5) is 0 Å². The third-order valence-corrected chi connectivity index (χ3v) is 2.54. The molecule has 2 heterocycles. The number of pyridine rings is 2. The van der Waals surface area contributed by atoms with Crippen molar-refractivity contribution in [2.45, 2.75) is 13.1 Å². The van der Waals surface area contributed by atoms with Crippen LogP contribution in [0.3, 0.4) is 0 Å². The number of amides is 2. The molecule has 0 bridgehead atoms. The van der Waals surface area contributed by atoms with Crippen LogP contribution in [0.25, 0.3) is 0 Å². The third kappa shape index (κ3) is 4.16. The molecule has 2 rings (SSSR count). The first kappa shape index (κ1) is 13.7. The van der Waals surface area contributed by atoms with Gasteiger partial charge in [-0.1, -0.05) is 12.1 Å². The van der Waals surface area contributed by atoms with Gasteiger partial charge in [0.2, 0.25) is 0 Å². The number of carbonyl (C=O) groups excluding carboxylic acids is 2. The molecule has 2 amide bonds. The van der Waals surface area contributed by atoms with E-state index in [1.807, 2.05) is 12.1 Å². The van der Waals surface area contributed by atoms with Crippen molar-refractivity contribution in [3.63, 3.8) is 0 Å². The van der Waals surface area contributed by atoms with Gasteiger partial charge >= 0.3 is 11.8 Å². The number of nitrogens with zero attached hydrogens (tertiary/aromatic N) is 2. The van der Waals surface area contributed by atoms with Crippen molar-refractivity contribution >= 4 is 11.8 Å². The molecule has 2 N–H and O–H groups in total. The summed E-state index contributed by atoms with van der Waals surface area (Å²) in [6.45, 7) is 0.490. The fourth-order valence-electron chi connectivity index (χ4n) is 1.52. The predicted molar refractivity (Wildman–Crippen MR) is 72.2 cm³/mol. The lowest BCUT2D eigenvalue weighted by Gasteiger charge is -2.06. The summed E-state index contributed by atoms with van der Waals surface area (Å²) in [5.41, 5.74) is 1.53. The molecule has 0 aliphatic carbocycles. The Bertz CT molecular complexity index is 519. The maximum atomic E-state index is 11.6. The second-order valence-corrected chi connectivity index (χ2v) is 4.05. The van der Waals surface area contributed by atoms with Crippen molar-refractivity contribution in [1.29, 1.82) is 0 Å². The number of hydrogen-bond donors (Lipinski definition) is 2. The van der Waals surface area contributed by atoms with Gasteiger partial charge in [-0.05, 0) is 23.8 Å². The quantitative estimate of drug-likeness (QED) is 0.788. The van der Waals surface area contributed by atoms with Gasteiger partial charge in [-0.15, -0.1) is 0 Å². The largest absolute Gasteiger partial charge is 0.344 e.